The molecule has 1 nitrogen and oxygen atoms in total. The van der Waals surface area contributed by atoms with Crippen LogP contribution < -0.4 is 0 Å². The molecule has 19 heavy (non-hydrogen) atoms. The number of ether oxygens (including phenoxy) is 1. The van der Waals surface area contributed by atoms with Gasteiger partial charge in [-0.2, -0.15) is 12.6 Å². The maximum absolute atomic E-state index is 5.86. The summed E-state index contributed by atoms with van der Waals surface area (Å²) in [5.41, 5.74) is 1.27. The van der Waals surface area contributed by atoms with Crippen molar-refractivity contribution in [1.82, 2.24) is 0 Å². The van der Waals surface area contributed by atoms with Crippen LogP contribution in [-0.2, 0) is 4.74 Å². The Morgan fingerprint density at radius 1 is 0.895 bits per heavy atom. The second-order valence-electron chi connectivity index (χ2n) is 5.12. The second-order valence-corrected chi connectivity index (χ2v) is 5.57. The quantitative estimate of drug-likeness (QED) is 0.420. The molecule has 0 saturated carbocycles. The summed E-state index contributed by atoms with van der Waals surface area (Å²) in [4.78, 5) is 0. The first-order valence-corrected chi connectivity index (χ1v) is 8.25. The van der Waals surface area contributed by atoms with Gasteiger partial charge in [-0.25, -0.2) is 0 Å². The molecule has 0 aliphatic rings. The fraction of sp³-hybridized carbons (Fsp3) is 0.647. The van der Waals surface area contributed by atoms with Crippen molar-refractivity contribution in [2.24, 2.45) is 0 Å². The minimum absolute atomic E-state index is 0.219. The van der Waals surface area contributed by atoms with Gasteiger partial charge in [0.2, 0.25) is 0 Å². The Labute approximate surface area is 124 Å². The van der Waals surface area contributed by atoms with Crippen LogP contribution in [0.1, 0.15) is 63.5 Å². The zero-order valence-corrected chi connectivity index (χ0v) is 13.1. The van der Waals surface area contributed by atoms with Gasteiger partial charge in [-0.05, 0) is 31.1 Å². The molecule has 1 unspecified atom stereocenters. The van der Waals surface area contributed by atoms with Crippen LogP contribution in [-0.4, -0.2) is 12.4 Å². The molecule has 1 aromatic rings. The van der Waals surface area contributed by atoms with Crippen LogP contribution in [0.25, 0.3) is 0 Å². The van der Waals surface area contributed by atoms with Gasteiger partial charge in [0.25, 0.3) is 0 Å². The highest BCUT2D eigenvalue weighted by molar-refractivity contribution is 7.80. The average Bonchev–Trinajstić information content (AvgIpc) is 2.46. The van der Waals surface area contributed by atoms with Crippen LogP contribution in [0.4, 0.5) is 0 Å². The number of unbranched alkanes of at least 4 members (excludes halogenated alkanes) is 6. The van der Waals surface area contributed by atoms with Gasteiger partial charge >= 0.3 is 0 Å². The van der Waals surface area contributed by atoms with Crippen LogP contribution in [0.3, 0.4) is 0 Å². The average molecular weight is 280 g/mol. The monoisotopic (exact) mass is 280 g/mol. The molecule has 0 radical (unpaired) electrons. The summed E-state index contributed by atoms with van der Waals surface area (Å²) in [6, 6.07) is 10.4. The number of hydrogen-bond acceptors (Lipinski definition) is 2. The van der Waals surface area contributed by atoms with E-state index in [0.29, 0.717) is 0 Å². The molecule has 2 heteroatoms. The normalized spacial score (nSPS) is 12.5. The Bertz CT molecular complexity index is 299. The zero-order valence-electron chi connectivity index (χ0n) is 12.2. The van der Waals surface area contributed by atoms with Gasteiger partial charge < -0.3 is 4.74 Å². The molecule has 1 atom stereocenters. The Morgan fingerprint density at radius 3 is 2.11 bits per heavy atom. The highest BCUT2D eigenvalue weighted by Crippen LogP contribution is 2.16. The summed E-state index contributed by atoms with van der Waals surface area (Å²) in [7, 11) is 0. The molecule has 0 bridgehead atoms. The first kappa shape index (κ1) is 16.6. The predicted molar refractivity (Wildman–Crippen MR) is 87.0 cm³/mol. The largest absolute Gasteiger partial charge is 0.374 e. The predicted octanol–water partition coefficient (Wildman–Crippen LogP) is 5.42. The molecule has 1 rings (SSSR count). The summed E-state index contributed by atoms with van der Waals surface area (Å²) in [6.07, 6.45) is 9.37. The first-order chi connectivity index (χ1) is 9.34. The van der Waals surface area contributed by atoms with Crippen LogP contribution in [0, 0.1) is 0 Å². The molecule has 0 heterocycles. The van der Waals surface area contributed by atoms with Crippen LogP contribution in [0.5, 0.6) is 0 Å². The summed E-state index contributed by atoms with van der Waals surface area (Å²) in [5, 5.41) is 0. The summed E-state index contributed by atoms with van der Waals surface area (Å²) < 4.78 is 5.86. The SMILES string of the molecule is CC(OCCCCCCCCCS)c1ccccc1. The van der Waals surface area contributed by atoms with Crippen molar-refractivity contribution in [2.45, 2.75) is 58.0 Å². The molecular weight excluding hydrogens is 252 g/mol. The number of hydrogen-bond donors (Lipinski definition) is 1. The molecule has 0 aliphatic heterocycles. The van der Waals surface area contributed by atoms with Gasteiger partial charge in [-0.15, -0.1) is 0 Å². The van der Waals surface area contributed by atoms with Gasteiger partial charge in [-0.1, -0.05) is 62.4 Å². The van der Waals surface area contributed by atoms with Gasteiger partial charge in [0.1, 0.15) is 0 Å². The van der Waals surface area contributed by atoms with Crippen molar-refractivity contribution in [2.75, 3.05) is 12.4 Å². The van der Waals surface area contributed by atoms with E-state index in [2.05, 4.69) is 43.8 Å². The summed E-state index contributed by atoms with van der Waals surface area (Å²) >= 11 is 4.22. The van der Waals surface area contributed by atoms with E-state index in [1.165, 1.54) is 50.5 Å². The van der Waals surface area contributed by atoms with Crippen molar-refractivity contribution in [3.8, 4) is 0 Å². The summed E-state index contributed by atoms with van der Waals surface area (Å²) in [6.45, 7) is 3.01. The Hall–Kier alpha value is -0.470. The lowest BCUT2D eigenvalue weighted by atomic mass is 10.1. The molecule has 0 amide bonds. The fourth-order valence-electron chi connectivity index (χ4n) is 2.18. The third-order valence-corrected chi connectivity index (χ3v) is 3.76. The molecular formula is C17H28OS. The van der Waals surface area contributed by atoms with E-state index < -0.39 is 0 Å². The second kappa shape index (κ2) is 11.4. The smallest absolute Gasteiger partial charge is 0.0796 e. The minimum Gasteiger partial charge on any atom is -0.374 e. The lowest BCUT2D eigenvalue weighted by Crippen LogP contribution is -2.01. The standard InChI is InChI=1S/C17H28OS/c1-16(17-12-8-7-9-13-17)18-14-10-5-3-2-4-6-11-15-19/h7-9,12-13,16,19H,2-6,10-11,14-15H2,1H3. The van der Waals surface area contributed by atoms with Crippen molar-refractivity contribution in [3.05, 3.63) is 35.9 Å². The molecule has 1 aromatic carbocycles. The van der Waals surface area contributed by atoms with E-state index in [9.17, 15) is 0 Å². The minimum atomic E-state index is 0.219. The zero-order chi connectivity index (χ0) is 13.8. The summed E-state index contributed by atoms with van der Waals surface area (Å²) in [5.74, 6) is 1.03. The Balaban J connectivity index is 1.93. The van der Waals surface area contributed by atoms with E-state index in [1.54, 1.807) is 0 Å². The van der Waals surface area contributed by atoms with Gasteiger partial charge in [0.05, 0.1) is 6.10 Å². The fourth-order valence-corrected chi connectivity index (χ4v) is 2.40. The number of thiol groups is 1. The maximum Gasteiger partial charge on any atom is 0.0796 e. The molecule has 0 aliphatic carbocycles. The number of benzene rings is 1. The van der Waals surface area contributed by atoms with Crippen LogP contribution in [0.2, 0.25) is 0 Å². The highest BCUT2D eigenvalue weighted by atomic mass is 32.1. The lowest BCUT2D eigenvalue weighted by molar-refractivity contribution is 0.0627. The highest BCUT2D eigenvalue weighted by Gasteiger charge is 2.03. The van der Waals surface area contributed by atoms with E-state index in [-0.39, 0.29) is 6.10 Å². The van der Waals surface area contributed by atoms with E-state index in [1.807, 2.05) is 6.07 Å². The van der Waals surface area contributed by atoms with E-state index >= 15 is 0 Å². The van der Waals surface area contributed by atoms with E-state index in [0.717, 1.165) is 12.4 Å². The van der Waals surface area contributed by atoms with Gasteiger partial charge in [0, 0.05) is 6.61 Å². The van der Waals surface area contributed by atoms with Crippen LogP contribution in [0.15, 0.2) is 30.3 Å². The molecule has 0 aromatic heterocycles. The van der Waals surface area contributed by atoms with Crippen LogP contribution >= 0.6 is 12.6 Å². The van der Waals surface area contributed by atoms with Gasteiger partial charge in [-0.3, -0.25) is 0 Å². The molecule has 0 N–H and O–H groups in total. The Kier molecular flexibility index (Phi) is 9.92. The van der Waals surface area contributed by atoms with Crippen molar-refractivity contribution >= 4 is 12.6 Å². The Morgan fingerprint density at radius 2 is 1.47 bits per heavy atom. The molecule has 0 saturated heterocycles. The van der Waals surface area contributed by atoms with Crippen molar-refractivity contribution in [3.63, 3.8) is 0 Å². The molecule has 0 fully saturated rings. The molecule has 0 spiro atoms. The third-order valence-electron chi connectivity index (χ3n) is 3.44. The van der Waals surface area contributed by atoms with E-state index in [4.69, 9.17) is 4.74 Å². The maximum atomic E-state index is 5.86. The number of rotatable bonds is 11. The lowest BCUT2D eigenvalue weighted by Gasteiger charge is -2.13. The third kappa shape index (κ3) is 8.33. The van der Waals surface area contributed by atoms with Crippen molar-refractivity contribution in [1.29, 1.82) is 0 Å². The first-order valence-electron chi connectivity index (χ1n) is 7.62. The van der Waals surface area contributed by atoms with Crippen molar-refractivity contribution < 1.29 is 4.74 Å². The molecule has 108 valence electrons. The van der Waals surface area contributed by atoms with Gasteiger partial charge in [0.15, 0.2) is 0 Å². The topological polar surface area (TPSA) is 9.23 Å².